The van der Waals surface area contributed by atoms with Crippen LogP contribution >= 0.6 is 11.6 Å². The zero-order valence-electron chi connectivity index (χ0n) is 11.6. The van der Waals surface area contributed by atoms with E-state index in [1.807, 2.05) is 0 Å². The summed E-state index contributed by atoms with van der Waals surface area (Å²) in [5, 5.41) is 20.1. The molecule has 0 aliphatic carbocycles. The molecule has 0 aliphatic heterocycles. The normalized spacial score (nSPS) is 12.0. The molecule has 1 aromatic heterocycles. The fourth-order valence-corrected chi connectivity index (χ4v) is 1.87. The Kier molecular flexibility index (Phi) is 4.77. The monoisotopic (exact) mass is 310 g/mol. The second-order valence-corrected chi connectivity index (χ2v) is 4.85. The van der Waals surface area contributed by atoms with Crippen LogP contribution in [0.4, 0.5) is 5.69 Å². The quantitative estimate of drug-likeness (QED) is 0.876. The summed E-state index contributed by atoms with van der Waals surface area (Å²) in [6.07, 6.45) is 0.786. The summed E-state index contributed by atoms with van der Waals surface area (Å²) in [4.78, 5) is 12.0. The summed E-state index contributed by atoms with van der Waals surface area (Å²) in [5.41, 5.74) is 0.883. The number of hydrogen-bond acceptors (Lipinski definition) is 5. The molecule has 0 bridgehead atoms. The van der Waals surface area contributed by atoms with Crippen molar-refractivity contribution in [2.45, 2.75) is 19.6 Å². The Labute approximate surface area is 126 Å². The van der Waals surface area contributed by atoms with Gasteiger partial charge in [0.1, 0.15) is 18.0 Å². The molecule has 0 radical (unpaired) electrons. The lowest BCUT2D eigenvalue weighted by atomic mass is 10.3. The second kappa shape index (κ2) is 6.55. The predicted octanol–water partition coefficient (Wildman–Crippen LogP) is 1.63. The van der Waals surface area contributed by atoms with Crippen molar-refractivity contribution >= 4 is 23.2 Å². The average molecular weight is 311 g/mol. The maximum atomic E-state index is 12.0. The molecule has 2 rings (SSSR count). The maximum Gasteiger partial charge on any atom is 0.246 e. The van der Waals surface area contributed by atoms with E-state index < -0.39 is 6.10 Å². The van der Waals surface area contributed by atoms with E-state index in [0.29, 0.717) is 22.2 Å². The number of methoxy groups -OCH3 is 1. The SMILES string of the molecule is COc1ccc(Cl)cc1NC(=O)Cn1cc(C(C)O)nn1. The molecular formula is C13H15ClN4O3. The first kappa shape index (κ1) is 15.3. The third-order valence-electron chi connectivity index (χ3n) is 2.73. The molecule has 0 saturated carbocycles. The lowest BCUT2D eigenvalue weighted by Crippen LogP contribution is -2.19. The number of carbonyl (C=O) groups excluding carboxylic acids is 1. The molecule has 0 saturated heterocycles. The van der Waals surface area contributed by atoms with Crippen LogP contribution in [0.3, 0.4) is 0 Å². The minimum Gasteiger partial charge on any atom is -0.495 e. The minimum atomic E-state index is -0.727. The first-order chi connectivity index (χ1) is 9.99. The van der Waals surface area contributed by atoms with Crippen LogP contribution in [-0.2, 0) is 11.3 Å². The molecule has 1 aromatic carbocycles. The fourth-order valence-electron chi connectivity index (χ4n) is 1.70. The first-order valence-electron chi connectivity index (χ1n) is 6.21. The Morgan fingerprint density at radius 2 is 2.33 bits per heavy atom. The zero-order valence-corrected chi connectivity index (χ0v) is 12.3. The summed E-state index contributed by atoms with van der Waals surface area (Å²) in [5.74, 6) is 0.202. The third kappa shape index (κ3) is 3.93. The van der Waals surface area contributed by atoms with Crippen LogP contribution in [0.25, 0.3) is 0 Å². The van der Waals surface area contributed by atoms with Crippen LogP contribution in [0.1, 0.15) is 18.7 Å². The van der Waals surface area contributed by atoms with Gasteiger partial charge in [0.2, 0.25) is 5.91 Å². The topological polar surface area (TPSA) is 89.3 Å². The summed E-state index contributed by atoms with van der Waals surface area (Å²) < 4.78 is 6.49. The number of aliphatic hydroxyl groups is 1. The molecule has 8 heteroatoms. The summed E-state index contributed by atoms with van der Waals surface area (Å²) in [7, 11) is 1.51. The van der Waals surface area contributed by atoms with E-state index in [0.717, 1.165) is 0 Å². The van der Waals surface area contributed by atoms with Crippen LogP contribution in [0.2, 0.25) is 5.02 Å². The smallest absolute Gasteiger partial charge is 0.246 e. The Hall–Kier alpha value is -2.12. The molecule has 0 fully saturated rings. The number of anilines is 1. The van der Waals surface area contributed by atoms with Gasteiger partial charge < -0.3 is 15.2 Å². The van der Waals surface area contributed by atoms with Crippen molar-refractivity contribution in [2.75, 3.05) is 12.4 Å². The van der Waals surface area contributed by atoms with Gasteiger partial charge in [-0.1, -0.05) is 16.8 Å². The van der Waals surface area contributed by atoms with E-state index in [1.54, 1.807) is 25.1 Å². The molecule has 1 unspecified atom stereocenters. The third-order valence-corrected chi connectivity index (χ3v) is 2.96. The number of aromatic nitrogens is 3. The van der Waals surface area contributed by atoms with Crippen molar-refractivity contribution in [3.8, 4) is 5.75 Å². The molecule has 7 nitrogen and oxygen atoms in total. The van der Waals surface area contributed by atoms with Gasteiger partial charge in [0.25, 0.3) is 0 Å². The molecular weight excluding hydrogens is 296 g/mol. The average Bonchev–Trinajstić information content (AvgIpc) is 2.87. The van der Waals surface area contributed by atoms with Gasteiger partial charge in [0.05, 0.1) is 25.1 Å². The number of amides is 1. The van der Waals surface area contributed by atoms with Crippen LogP contribution in [0, 0.1) is 0 Å². The molecule has 2 N–H and O–H groups in total. The van der Waals surface area contributed by atoms with E-state index in [4.69, 9.17) is 16.3 Å². The lowest BCUT2D eigenvalue weighted by Gasteiger charge is -2.10. The Morgan fingerprint density at radius 3 is 2.95 bits per heavy atom. The Morgan fingerprint density at radius 1 is 1.57 bits per heavy atom. The van der Waals surface area contributed by atoms with Crippen molar-refractivity contribution in [1.82, 2.24) is 15.0 Å². The molecule has 1 heterocycles. The van der Waals surface area contributed by atoms with E-state index >= 15 is 0 Å². The van der Waals surface area contributed by atoms with E-state index in [9.17, 15) is 9.90 Å². The molecule has 1 atom stereocenters. The van der Waals surface area contributed by atoms with Crippen LogP contribution in [-0.4, -0.2) is 33.1 Å². The zero-order chi connectivity index (χ0) is 15.4. The highest BCUT2D eigenvalue weighted by Gasteiger charge is 2.11. The molecule has 21 heavy (non-hydrogen) atoms. The highest BCUT2D eigenvalue weighted by atomic mass is 35.5. The van der Waals surface area contributed by atoms with Crippen LogP contribution in [0.15, 0.2) is 24.4 Å². The van der Waals surface area contributed by atoms with Gasteiger partial charge in [0, 0.05) is 5.02 Å². The minimum absolute atomic E-state index is 0.0324. The highest BCUT2D eigenvalue weighted by molar-refractivity contribution is 6.31. The maximum absolute atomic E-state index is 12.0. The van der Waals surface area contributed by atoms with Crippen molar-refractivity contribution in [3.05, 3.63) is 35.1 Å². The van der Waals surface area contributed by atoms with Gasteiger partial charge in [-0.25, -0.2) is 4.68 Å². The number of nitrogens with one attached hydrogen (secondary N) is 1. The van der Waals surface area contributed by atoms with Crippen LogP contribution < -0.4 is 10.1 Å². The summed E-state index contributed by atoms with van der Waals surface area (Å²) in [6, 6.07) is 4.93. The molecule has 1 amide bonds. The van der Waals surface area contributed by atoms with Gasteiger partial charge in [-0.15, -0.1) is 5.10 Å². The van der Waals surface area contributed by atoms with Crippen molar-refractivity contribution in [3.63, 3.8) is 0 Å². The van der Waals surface area contributed by atoms with Gasteiger partial charge in [0.15, 0.2) is 0 Å². The Balaban J connectivity index is 2.06. The van der Waals surface area contributed by atoms with Gasteiger partial charge in [-0.2, -0.15) is 0 Å². The molecule has 2 aromatic rings. The number of aliphatic hydroxyl groups excluding tert-OH is 1. The van der Waals surface area contributed by atoms with Gasteiger partial charge >= 0.3 is 0 Å². The number of halogens is 1. The number of benzene rings is 1. The Bertz CT molecular complexity index is 642. The van der Waals surface area contributed by atoms with Crippen molar-refractivity contribution < 1.29 is 14.6 Å². The summed E-state index contributed by atoms with van der Waals surface area (Å²) >= 11 is 5.89. The second-order valence-electron chi connectivity index (χ2n) is 4.41. The van der Waals surface area contributed by atoms with Crippen LogP contribution in [0.5, 0.6) is 5.75 Å². The van der Waals surface area contributed by atoms with Gasteiger partial charge in [-0.3, -0.25) is 4.79 Å². The number of ether oxygens (including phenoxy) is 1. The number of rotatable bonds is 5. The number of carbonyl (C=O) groups is 1. The largest absolute Gasteiger partial charge is 0.495 e. The van der Waals surface area contributed by atoms with E-state index in [-0.39, 0.29) is 12.5 Å². The number of hydrogen-bond donors (Lipinski definition) is 2. The first-order valence-corrected chi connectivity index (χ1v) is 6.59. The predicted molar refractivity (Wildman–Crippen MR) is 77.3 cm³/mol. The molecule has 112 valence electrons. The molecule has 0 spiro atoms. The highest BCUT2D eigenvalue weighted by Crippen LogP contribution is 2.27. The summed E-state index contributed by atoms with van der Waals surface area (Å²) in [6.45, 7) is 1.54. The molecule has 0 aliphatic rings. The van der Waals surface area contributed by atoms with Crippen molar-refractivity contribution in [2.24, 2.45) is 0 Å². The van der Waals surface area contributed by atoms with Gasteiger partial charge in [-0.05, 0) is 25.1 Å². The van der Waals surface area contributed by atoms with E-state index in [2.05, 4.69) is 15.6 Å². The standard InChI is InChI=1S/C13H15ClN4O3/c1-8(19)11-6-18(17-16-11)7-13(20)15-10-5-9(14)3-4-12(10)21-2/h3-6,8,19H,7H2,1-2H3,(H,15,20). The van der Waals surface area contributed by atoms with E-state index in [1.165, 1.54) is 18.0 Å². The fraction of sp³-hybridized carbons (Fsp3) is 0.308. The lowest BCUT2D eigenvalue weighted by molar-refractivity contribution is -0.116. The van der Waals surface area contributed by atoms with Crippen molar-refractivity contribution in [1.29, 1.82) is 0 Å². The number of nitrogens with zero attached hydrogens (tertiary/aromatic N) is 3.